The maximum atomic E-state index is 6.15. The molecule has 2 aromatic heterocycles. The lowest BCUT2D eigenvalue weighted by atomic mass is 10.1. The summed E-state index contributed by atoms with van der Waals surface area (Å²) in [6.07, 6.45) is 2.59. The standard InChI is InChI=1S/C9H13ClN6S/c1-2-3-16-9(6(10)4-12-16)8(13-11)7-5-17-15-14-7/h4-5,8,13H,2-3,11H2,1H3. The number of nitrogens with zero attached hydrogens (tertiary/aromatic N) is 4. The van der Waals surface area contributed by atoms with Crippen LogP contribution in [0.2, 0.25) is 5.02 Å². The minimum Gasteiger partial charge on any atom is -0.270 e. The Kier molecular flexibility index (Phi) is 4.06. The van der Waals surface area contributed by atoms with Crippen LogP contribution < -0.4 is 11.3 Å². The number of hydrazine groups is 1. The molecule has 92 valence electrons. The van der Waals surface area contributed by atoms with Gasteiger partial charge < -0.3 is 0 Å². The maximum Gasteiger partial charge on any atom is 0.109 e. The second-order valence-electron chi connectivity index (χ2n) is 3.53. The lowest BCUT2D eigenvalue weighted by molar-refractivity contribution is 0.514. The van der Waals surface area contributed by atoms with Crippen molar-refractivity contribution in [2.45, 2.75) is 25.9 Å². The van der Waals surface area contributed by atoms with Crippen molar-refractivity contribution in [3.05, 3.63) is 28.0 Å². The minimum atomic E-state index is -0.282. The van der Waals surface area contributed by atoms with Gasteiger partial charge in [-0.3, -0.25) is 10.5 Å². The van der Waals surface area contributed by atoms with Gasteiger partial charge in [0.05, 0.1) is 22.6 Å². The Morgan fingerprint density at radius 3 is 3.06 bits per heavy atom. The minimum absolute atomic E-state index is 0.282. The molecule has 6 nitrogen and oxygen atoms in total. The number of halogens is 1. The van der Waals surface area contributed by atoms with Crippen molar-refractivity contribution >= 4 is 23.1 Å². The lowest BCUT2D eigenvalue weighted by Crippen LogP contribution is -2.31. The normalized spacial score (nSPS) is 12.9. The number of nitrogens with two attached hydrogens (primary N) is 1. The highest BCUT2D eigenvalue weighted by molar-refractivity contribution is 7.03. The summed E-state index contributed by atoms with van der Waals surface area (Å²) in [5.41, 5.74) is 4.28. The summed E-state index contributed by atoms with van der Waals surface area (Å²) in [4.78, 5) is 0. The first-order valence-corrected chi connectivity index (χ1v) is 6.43. The molecule has 0 saturated heterocycles. The smallest absolute Gasteiger partial charge is 0.109 e. The molecule has 1 unspecified atom stereocenters. The number of hydrogen-bond acceptors (Lipinski definition) is 6. The van der Waals surface area contributed by atoms with Crippen LogP contribution in [0.5, 0.6) is 0 Å². The number of rotatable bonds is 5. The molecule has 0 aliphatic carbocycles. The largest absolute Gasteiger partial charge is 0.270 e. The summed E-state index contributed by atoms with van der Waals surface area (Å²) in [6, 6.07) is -0.282. The Balaban J connectivity index is 2.39. The van der Waals surface area contributed by atoms with E-state index in [0.717, 1.165) is 24.4 Å². The molecule has 0 aromatic carbocycles. The van der Waals surface area contributed by atoms with Gasteiger partial charge in [0.1, 0.15) is 6.04 Å². The van der Waals surface area contributed by atoms with Gasteiger partial charge in [-0.25, -0.2) is 5.43 Å². The van der Waals surface area contributed by atoms with Crippen molar-refractivity contribution in [1.29, 1.82) is 0 Å². The van der Waals surface area contributed by atoms with E-state index in [1.807, 2.05) is 10.1 Å². The molecule has 0 saturated carbocycles. The van der Waals surface area contributed by atoms with E-state index < -0.39 is 0 Å². The van der Waals surface area contributed by atoms with Crippen LogP contribution in [0.25, 0.3) is 0 Å². The van der Waals surface area contributed by atoms with Crippen LogP contribution in [0.4, 0.5) is 0 Å². The number of aromatic nitrogens is 4. The summed E-state index contributed by atoms with van der Waals surface area (Å²) in [5.74, 6) is 5.58. The van der Waals surface area contributed by atoms with E-state index in [1.165, 1.54) is 11.5 Å². The average Bonchev–Trinajstić information content (AvgIpc) is 2.94. The molecule has 0 radical (unpaired) electrons. The summed E-state index contributed by atoms with van der Waals surface area (Å²) >= 11 is 7.42. The molecular formula is C9H13ClN6S. The molecule has 17 heavy (non-hydrogen) atoms. The highest BCUT2D eigenvalue weighted by Gasteiger charge is 2.22. The highest BCUT2D eigenvalue weighted by atomic mass is 35.5. The van der Waals surface area contributed by atoms with Gasteiger partial charge in [0.25, 0.3) is 0 Å². The van der Waals surface area contributed by atoms with Crippen LogP contribution in [0, 0.1) is 0 Å². The molecule has 3 N–H and O–H groups in total. The SMILES string of the molecule is CCCn1ncc(Cl)c1C(NN)c1csnn1. The predicted octanol–water partition coefficient (Wildman–Crippen LogP) is 1.35. The topological polar surface area (TPSA) is 81.7 Å². The molecule has 0 bridgehead atoms. The van der Waals surface area contributed by atoms with E-state index in [1.54, 1.807) is 6.20 Å². The first kappa shape index (κ1) is 12.4. The van der Waals surface area contributed by atoms with Gasteiger partial charge in [-0.1, -0.05) is 23.0 Å². The van der Waals surface area contributed by atoms with E-state index in [4.69, 9.17) is 17.4 Å². The van der Waals surface area contributed by atoms with Gasteiger partial charge in [0.15, 0.2) is 0 Å². The third kappa shape index (κ3) is 2.47. The van der Waals surface area contributed by atoms with E-state index in [0.29, 0.717) is 5.02 Å². The van der Waals surface area contributed by atoms with Gasteiger partial charge in [-0.2, -0.15) is 5.10 Å². The lowest BCUT2D eigenvalue weighted by Gasteiger charge is -2.15. The highest BCUT2D eigenvalue weighted by Crippen LogP contribution is 2.27. The number of hydrogen-bond donors (Lipinski definition) is 2. The van der Waals surface area contributed by atoms with Crippen molar-refractivity contribution < 1.29 is 0 Å². The Morgan fingerprint density at radius 1 is 1.65 bits per heavy atom. The summed E-state index contributed by atoms with van der Waals surface area (Å²) < 4.78 is 5.67. The van der Waals surface area contributed by atoms with Crippen LogP contribution in [0.1, 0.15) is 30.8 Å². The Bertz CT molecular complexity index is 468. The Labute approximate surface area is 108 Å². The van der Waals surface area contributed by atoms with Gasteiger partial charge in [0, 0.05) is 11.9 Å². The summed E-state index contributed by atoms with van der Waals surface area (Å²) in [6.45, 7) is 2.87. The third-order valence-corrected chi connectivity index (χ3v) is 3.20. The summed E-state index contributed by atoms with van der Waals surface area (Å²) in [7, 11) is 0. The fraction of sp³-hybridized carbons (Fsp3) is 0.444. The number of nitrogens with one attached hydrogen (secondary N) is 1. The molecule has 0 aliphatic rings. The van der Waals surface area contributed by atoms with E-state index in [2.05, 4.69) is 27.0 Å². The third-order valence-electron chi connectivity index (χ3n) is 2.38. The second-order valence-corrected chi connectivity index (χ2v) is 4.55. The monoisotopic (exact) mass is 272 g/mol. The van der Waals surface area contributed by atoms with Crippen molar-refractivity contribution in [3.8, 4) is 0 Å². The zero-order valence-electron chi connectivity index (χ0n) is 9.30. The van der Waals surface area contributed by atoms with Crippen LogP contribution in [0.3, 0.4) is 0 Å². The first-order chi connectivity index (χ1) is 8.27. The average molecular weight is 273 g/mol. The predicted molar refractivity (Wildman–Crippen MR) is 66.6 cm³/mol. The van der Waals surface area contributed by atoms with Crippen LogP contribution in [0.15, 0.2) is 11.6 Å². The zero-order valence-corrected chi connectivity index (χ0v) is 10.9. The second kappa shape index (κ2) is 5.54. The Morgan fingerprint density at radius 2 is 2.47 bits per heavy atom. The van der Waals surface area contributed by atoms with Gasteiger partial charge in [-0.05, 0) is 18.0 Å². The van der Waals surface area contributed by atoms with E-state index in [9.17, 15) is 0 Å². The van der Waals surface area contributed by atoms with Crippen LogP contribution in [-0.2, 0) is 6.54 Å². The van der Waals surface area contributed by atoms with E-state index in [-0.39, 0.29) is 6.04 Å². The molecular weight excluding hydrogens is 260 g/mol. The fourth-order valence-electron chi connectivity index (χ4n) is 1.65. The van der Waals surface area contributed by atoms with E-state index >= 15 is 0 Å². The maximum absolute atomic E-state index is 6.15. The van der Waals surface area contributed by atoms with Crippen molar-refractivity contribution in [2.24, 2.45) is 5.84 Å². The van der Waals surface area contributed by atoms with Crippen molar-refractivity contribution in [2.75, 3.05) is 0 Å². The molecule has 0 spiro atoms. The van der Waals surface area contributed by atoms with Crippen molar-refractivity contribution in [1.82, 2.24) is 24.8 Å². The molecule has 2 rings (SSSR count). The molecule has 0 amide bonds. The summed E-state index contributed by atoms with van der Waals surface area (Å²) in [5, 5.41) is 10.7. The molecule has 0 fully saturated rings. The number of aryl methyl sites for hydroxylation is 1. The Hall–Kier alpha value is -1.02. The van der Waals surface area contributed by atoms with Crippen LogP contribution >= 0.6 is 23.1 Å². The van der Waals surface area contributed by atoms with Gasteiger partial charge >= 0.3 is 0 Å². The van der Waals surface area contributed by atoms with Gasteiger partial charge in [-0.15, -0.1) is 5.10 Å². The first-order valence-electron chi connectivity index (χ1n) is 5.22. The molecule has 2 heterocycles. The molecule has 8 heteroatoms. The quantitative estimate of drug-likeness (QED) is 0.634. The van der Waals surface area contributed by atoms with Crippen molar-refractivity contribution in [3.63, 3.8) is 0 Å². The molecule has 1 atom stereocenters. The zero-order chi connectivity index (χ0) is 12.3. The van der Waals surface area contributed by atoms with Crippen LogP contribution in [-0.4, -0.2) is 19.4 Å². The van der Waals surface area contributed by atoms with Gasteiger partial charge in [0.2, 0.25) is 0 Å². The molecule has 2 aromatic rings. The molecule has 0 aliphatic heterocycles. The fourth-order valence-corrected chi connectivity index (χ4v) is 2.38.